The third kappa shape index (κ3) is 5.90. The molecule has 0 fully saturated rings. The minimum Gasteiger partial charge on any atom is -0.301 e. The minimum absolute atomic E-state index is 0.700. The highest BCUT2D eigenvalue weighted by atomic mass is 32.1. The van der Waals surface area contributed by atoms with Gasteiger partial charge in [-0.05, 0) is 45.5 Å². The van der Waals surface area contributed by atoms with Gasteiger partial charge in [-0.2, -0.15) is 12.6 Å². The van der Waals surface area contributed by atoms with Crippen LogP contribution in [-0.2, 0) is 0 Å². The summed E-state index contributed by atoms with van der Waals surface area (Å²) < 4.78 is 0. The summed E-state index contributed by atoms with van der Waals surface area (Å²) in [5, 5.41) is 0. The van der Waals surface area contributed by atoms with Crippen molar-refractivity contribution in [2.75, 3.05) is 18.8 Å². The van der Waals surface area contributed by atoms with Gasteiger partial charge in [-0.1, -0.05) is 13.3 Å². The molecule has 0 aromatic carbocycles. The van der Waals surface area contributed by atoms with Gasteiger partial charge in [0.2, 0.25) is 0 Å². The van der Waals surface area contributed by atoms with E-state index in [1.54, 1.807) is 0 Å². The summed E-state index contributed by atoms with van der Waals surface area (Å²) in [6.07, 6.45) is 3.91. The second-order valence-corrected chi connectivity index (χ2v) is 3.95. The first kappa shape index (κ1) is 12.3. The Morgan fingerprint density at radius 2 is 1.83 bits per heavy atom. The van der Waals surface area contributed by atoms with Gasteiger partial charge in [0.05, 0.1) is 0 Å². The molecule has 0 rings (SSSR count). The SMILES string of the molecule is CCN(CCCCCS)C(C)C. The van der Waals surface area contributed by atoms with Gasteiger partial charge >= 0.3 is 0 Å². The molecule has 0 spiro atoms. The summed E-state index contributed by atoms with van der Waals surface area (Å²) in [4.78, 5) is 2.51. The lowest BCUT2D eigenvalue weighted by Gasteiger charge is -2.24. The van der Waals surface area contributed by atoms with Crippen LogP contribution in [0, 0.1) is 0 Å². The van der Waals surface area contributed by atoms with E-state index < -0.39 is 0 Å². The molecule has 0 aliphatic carbocycles. The normalized spacial score (nSPS) is 11.5. The summed E-state index contributed by atoms with van der Waals surface area (Å²) >= 11 is 4.20. The van der Waals surface area contributed by atoms with E-state index in [1.165, 1.54) is 32.4 Å². The van der Waals surface area contributed by atoms with Crippen LogP contribution in [0.4, 0.5) is 0 Å². The fourth-order valence-electron chi connectivity index (χ4n) is 1.38. The van der Waals surface area contributed by atoms with Gasteiger partial charge in [0, 0.05) is 6.04 Å². The van der Waals surface area contributed by atoms with Crippen LogP contribution in [-0.4, -0.2) is 29.8 Å². The van der Waals surface area contributed by atoms with E-state index in [2.05, 4.69) is 38.3 Å². The molecule has 0 N–H and O–H groups in total. The van der Waals surface area contributed by atoms with Gasteiger partial charge in [0.25, 0.3) is 0 Å². The third-order valence-corrected chi connectivity index (χ3v) is 2.56. The first-order valence-electron chi connectivity index (χ1n) is 5.07. The van der Waals surface area contributed by atoms with Crippen molar-refractivity contribution in [1.29, 1.82) is 0 Å². The van der Waals surface area contributed by atoms with Crippen molar-refractivity contribution in [2.24, 2.45) is 0 Å². The predicted molar refractivity (Wildman–Crippen MR) is 60.1 cm³/mol. The molecule has 0 aromatic heterocycles. The van der Waals surface area contributed by atoms with Gasteiger partial charge in [0.1, 0.15) is 0 Å². The van der Waals surface area contributed by atoms with Crippen molar-refractivity contribution in [2.45, 2.75) is 46.1 Å². The van der Waals surface area contributed by atoms with Gasteiger partial charge in [-0.25, -0.2) is 0 Å². The Labute approximate surface area is 82.9 Å². The van der Waals surface area contributed by atoms with Crippen LogP contribution in [0.2, 0.25) is 0 Å². The Bertz CT molecular complexity index is 93.8. The maximum Gasteiger partial charge on any atom is 0.00384 e. The van der Waals surface area contributed by atoms with Crippen molar-refractivity contribution in [3.8, 4) is 0 Å². The highest BCUT2D eigenvalue weighted by molar-refractivity contribution is 7.80. The standard InChI is InChI=1S/C10H23NS/c1-4-11(10(2)3)8-6-5-7-9-12/h10,12H,4-9H2,1-3H3. The zero-order chi connectivity index (χ0) is 9.40. The molecule has 12 heavy (non-hydrogen) atoms. The van der Waals surface area contributed by atoms with Crippen LogP contribution in [0.5, 0.6) is 0 Å². The zero-order valence-electron chi connectivity index (χ0n) is 8.71. The number of thiol groups is 1. The fourth-order valence-corrected chi connectivity index (χ4v) is 1.61. The number of nitrogens with zero attached hydrogens (tertiary/aromatic N) is 1. The molecule has 0 atom stereocenters. The van der Waals surface area contributed by atoms with Gasteiger partial charge in [0.15, 0.2) is 0 Å². The maximum absolute atomic E-state index is 4.20. The molecule has 2 heteroatoms. The van der Waals surface area contributed by atoms with Crippen molar-refractivity contribution < 1.29 is 0 Å². The highest BCUT2D eigenvalue weighted by Gasteiger charge is 2.04. The van der Waals surface area contributed by atoms with Gasteiger partial charge < -0.3 is 4.90 Å². The largest absolute Gasteiger partial charge is 0.301 e. The second kappa shape index (κ2) is 7.93. The molecule has 0 heterocycles. The highest BCUT2D eigenvalue weighted by Crippen LogP contribution is 2.03. The molecule has 0 saturated carbocycles. The molecule has 0 aliphatic heterocycles. The van der Waals surface area contributed by atoms with Crippen molar-refractivity contribution in [3.63, 3.8) is 0 Å². The number of hydrogen-bond donors (Lipinski definition) is 1. The number of rotatable bonds is 7. The van der Waals surface area contributed by atoms with Crippen LogP contribution < -0.4 is 0 Å². The molecule has 74 valence electrons. The number of hydrogen-bond acceptors (Lipinski definition) is 2. The van der Waals surface area contributed by atoms with Gasteiger partial charge in [-0.3, -0.25) is 0 Å². The Balaban J connectivity index is 3.32. The maximum atomic E-state index is 4.20. The van der Waals surface area contributed by atoms with Crippen LogP contribution in [0.15, 0.2) is 0 Å². The minimum atomic E-state index is 0.700. The summed E-state index contributed by atoms with van der Waals surface area (Å²) in [5.74, 6) is 1.04. The van der Waals surface area contributed by atoms with E-state index in [4.69, 9.17) is 0 Å². The van der Waals surface area contributed by atoms with Crippen molar-refractivity contribution in [3.05, 3.63) is 0 Å². The Morgan fingerprint density at radius 3 is 2.25 bits per heavy atom. The smallest absolute Gasteiger partial charge is 0.00384 e. The van der Waals surface area contributed by atoms with E-state index in [0.29, 0.717) is 6.04 Å². The van der Waals surface area contributed by atoms with Crippen molar-refractivity contribution >= 4 is 12.6 Å². The Hall–Kier alpha value is 0.310. The zero-order valence-corrected chi connectivity index (χ0v) is 9.61. The Kier molecular flexibility index (Phi) is 8.14. The lowest BCUT2D eigenvalue weighted by Crippen LogP contribution is -2.31. The summed E-state index contributed by atoms with van der Waals surface area (Å²) in [7, 11) is 0. The van der Waals surface area contributed by atoms with E-state index >= 15 is 0 Å². The summed E-state index contributed by atoms with van der Waals surface area (Å²) in [5.41, 5.74) is 0. The molecular formula is C10H23NS. The topological polar surface area (TPSA) is 3.24 Å². The van der Waals surface area contributed by atoms with E-state index in [0.717, 1.165) is 5.75 Å². The van der Waals surface area contributed by atoms with Gasteiger partial charge in [-0.15, -0.1) is 0 Å². The molecule has 0 radical (unpaired) electrons. The average molecular weight is 189 g/mol. The second-order valence-electron chi connectivity index (χ2n) is 3.51. The molecular weight excluding hydrogens is 166 g/mol. The number of unbranched alkanes of at least 4 members (excludes halogenated alkanes) is 2. The molecule has 1 nitrogen and oxygen atoms in total. The van der Waals surface area contributed by atoms with E-state index in [9.17, 15) is 0 Å². The van der Waals surface area contributed by atoms with Crippen LogP contribution in [0.25, 0.3) is 0 Å². The molecule has 0 unspecified atom stereocenters. The van der Waals surface area contributed by atoms with E-state index in [-0.39, 0.29) is 0 Å². The van der Waals surface area contributed by atoms with Crippen LogP contribution in [0.1, 0.15) is 40.0 Å². The molecule has 0 aliphatic rings. The fraction of sp³-hybridized carbons (Fsp3) is 1.00. The third-order valence-electron chi connectivity index (χ3n) is 2.24. The first-order valence-corrected chi connectivity index (χ1v) is 5.70. The molecule has 0 amide bonds. The van der Waals surface area contributed by atoms with E-state index in [1.807, 2.05) is 0 Å². The lowest BCUT2D eigenvalue weighted by molar-refractivity contribution is 0.229. The van der Waals surface area contributed by atoms with Crippen LogP contribution in [0.3, 0.4) is 0 Å². The molecule has 0 saturated heterocycles. The van der Waals surface area contributed by atoms with Crippen molar-refractivity contribution in [1.82, 2.24) is 4.90 Å². The van der Waals surface area contributed by atoms with Crippen LogP contribution >= 0.6 is 12.6 Å². The predicted octanol–water partition coefficient (Wildman–Crippen LogP) is 2.82. The lowest BCUT2D eigenvalue weighted by atomic mass is 10.2. The first-order chi connectivity index (χ1) is 5.72. The molecule has 0 bridgehead atoms. The quantitative estimate of drug-likeness (QED) is 0.476. The Morgan fingerprint density at radius 1 is 1.17 bits per heavy atom. The molecule has 0 aromatic rings. The monoisotopic (exact) mass is 189 g/mol. The summed E-state index contributed by atoms with van der Waals surface area (Å²) in [6.45, 7) is 9.20. The summed E-state index contributed by atoms with van der Waals surface area (Å²) in [6, 6.07) is 0.700. The average Bonchev–Trinajstić information content (AvgIpc) is 2.04.